The van der Waals surface area contributed by atoms with E-state index in [9.17, 15) is 0 Å². The molecule has 0 spiro atoms. The maximum Gasteiger partial charge on any atom is 0.126 e. The number of rotatable bonds is 11. The maximum absolute atomic E-state index is 8.96. The van der Waals surface area contributed by atoms with Crippen molar-refractivity contribution >= 4 is 11.3 Å². The first-order chi connectivity index (χ1) is 12.8. The Kier molecular flexibility index (Phi) is 7.11. The van der Waals surface area contributed by atoms with Crippen LogP contribution in [-0.4, -0.2) is 24.5 Å². The van der Waals surface area contributed by atoms with E-state index in [1.165, 1.54) is 44.3 Å². The van der Waals surface area contributed by atoms with Gasteiger partial charge in [-0.1, -0.05) is 13.3 Å². The van der Waals surface area contributed by atoms with Crippen LogP contribution >= 0.6 is 11.3 Å². The summed E-state index contributed by atoms with van der Waals surface area (Å²) in [5.41, 5.74) is 1.92. The van der Waals surface area contributed by atoms with Crippen LogP contribution < -0.4 is 4.74 Å². The number of thiophene rings is 1. The molecule has 3 rings (SSSR count). The SMILES string of the molecule is CCCCN(CCC(Oc1ccc(C#N)cc1)c1ccsc1)CC1CC1. The van der Waals surface area contributed by atoms with E-state index >= 15 is 0 Å². The van der Waals surface area contributed by atoms with Gasteiger partial charge in [0.15, 0.2) is 0 Å². The summed E-state index contributed by atoms with van der Waals surface area (Å²) in [6.07, 6.45) is 6.38. The van der Waals surface area contributed by atoms with Crippen molar-refractivity contribution in [2.24, 2.45) is 5.92 Å². The molecule has 0 N–H and O–H groups in total. The lowest BCUT2D eigenvalue weighted by Crippen LogP contribution is -2.30. The van der Waals surface area contributed by atoms with Gasteiger partial charge < -0.3 is 9.64 Å². The fourth-order valence-corrected chi connectivity index (χ4v) is 3.87. The molecule has 1 atom stereocenters. The van der Waals surface area contributed by atoms with Crippen LogP contribution in [0.15, 0.2) is 41.1 Å². The summed E-state index contributed by atoms with van der Waals surface area (Å²) in [6, 6.07) is 11.8. The van der Waals surface area contributed by atoms with Crippen molar-refractivity contribution in [3.8, 4) is 11.8 Å². The first kappa shape index (κ1) is 18.9. The molecular weight excluding hydrogens is 340 g/mol. The first-order valence-corrected chi connectivity index (χ1v) is 10.6. The van der Waals surface area contributed by atoms with E-state index in [1.807, 2.05) is 24.3 Å². The highest BCUT2D eigenvalue weighted by Crippen LogP contribution is 2.31. The van der Waals surface area contributed by atoms with E-state index in [4.69, 9.17) is 10.00 Å². The van der Waals surface area contributed by atoms with Crippen molar-refractivity contribution in [1.29, 1.82) is 5.26 Å². The van der Waals surface area contributed by atoms with Crippen molar-refractivity contribution in [2.45, 2.75) is 45.1 Å². The van der Waals surface area contributed by atoms with E-state index in [0.717, 1.165) is 24.6 Å². The van der Waals surface area contributed by atoms with Gasteiger partial charge in [-0.25, -0.2) is 0 Å². The Morgan fingerprint density at radius 2 is 2.04 bits per heavy atom. The fraction of sp³-hybridized carbons (Fsp3) is 0.500. The fourth-order valence-electron chi connectivity index (χ4n) is 3.17. The molecule has 3 nitrogen and oxygen atoms in total. The summed E-state index contributed by atoms with van der Waals surface area (Å²) in [4.78, 5) is 2.63. The first-order valence-electron chi connectivity index (χ1n) is 9.69. The van der Waals surface area contributed by atoms with Crippen LogP contribution in [0.25, 0.3) is 0 Å². The van der Waals surface area contributed by atoms with Crippen LogP contribution in [0.4, 0.5) is 0 Å². The molecule has 0 bridgehead atoms. The predicted molar refractivity (Wildman–Crippen MR) is 108 cm³/mol. The summed E-state index contributed by atoms with van der Waals surface area (Å²) < 4.78 is 6.30. The Labute approximate surface area is 161 Å². The normalized spacial score (nSPS) is 15.0. The van der Waals surface area contributed by atoms with E-state index in [0.29, 0.717) is 5.56 Å². The Morgan fingerprint density at radius 1 is 1.23 bits per heavy atom. The molecule has 1 unspecified atom stereocenters. The second-order valence-electron chi connectivity index (χ2n) is 7.19. The minimum atomic E-state index is 0.0671. The van der Waals surface area contributed by atoms with E-state index < -0.39 is 0 Å². The standard InChI is InChI=1S/C22H28N2OS/c1-2-3-12-24(16-19-4-5-19)13-10-22(20-11-14-26-17-20)25-21-8-6-18(15-23)7-9-21/h6-9,11,14,17,19,22H,2-5,10,12-13,16H2,1H3. The Hall–Kier alpha value is -1.83. The third kappa shape index (κ3) is 5.86. The minimum Gasteiger partial charge on any atom is -0.486 e. The van der Waals surface area contributed by atoms with Gasteiger partial charge >= 0.3 is 0 Å². The minimum absolute atomic E-state index is 0.0671. The molecule has 1 saturated carbocycles. The highest BCUT2D eigenvalue weighted by atomic mass is 32.1. The average molecular weight is 369 g/mol. The van der Waals surface area contributed by atoms with Crippen LogP contribution in [0.3, 0.4) is 0 Å². The largest absolute Gasteiger partial charge is 0.486 e. The van der Waals surface area contributed by atoms with Crippen LogP contribution in [0, 0.1) is 17.2 Å². The lowest BCUT2D eigenvalue weighted by molar-refractivity contribution is 0.160. The number of benzene rings is 1. The Bertz CT molecular complexity index is 686. The molecule has 0 aliphatic heterocycles. The number of hydrogen-bond acceptors (Lipinski definition) is 4. The smallest absolute Gasteiger partial charge is 0.126 e. The zero-order valence-electron chi connectivity index (χ0n) is 15.6. The summed E-state index contributed by atoms with van der Waals surface area (Å²) in [5.74, 6) is 1.76. The number of unbranched alkanes of at least 4 members (excludes halogenated alkanes) is 1. The third-order valence-corrected chi connectivity index (χ3v) is 5.63. The summed E-state index contributed by atoms with van der Waals surface area (Å²) >= 11 is 1.72. The van der Waals surface area contributed by atoms with Crippen LogP contribution in [0.5, 0.6) is 5.75 Å². The number of nitrogens with zero attached hydrogens (tertiary/aromatic N) is 2. The zero-order chi connectivity index (χ0) is 18.2. The quantitative estimate of drug-likeness (QED) is 0.515. The molecule has 2 aromatic rings. The van der Waals surface area contributed by atoms with Crippen LogP contribution in [0.2, 0.25) is 0 Å². The topological polar surface area (TPSA) is 36.3 Å². The van der Waals surface area contributed by atoms with Crippen molar-refractivity contribution in [1.82, 2.24) is 4.90 Å². The van der Waals surface area contributed by atoms with Gasteiger partial charge in [0.2, 0.25) is 0 Å². The molecule has 0 saturated heterocycles. The molecule has 1 aromatic carbocycles. The Balaban J connectivity index is 1.62. The van der Waals surface area contributed by atoms with Crippen molar-refractivity contribution in [2.75, 3.05) is 19.6 Å². The van der Waals surface area contributed by atoms with Gasteiger partial charge in [-0.15, -0.1) is 0 Å². The number of nitriles is 1. The molecule has 138 valence electrons. The molecule has 4 heteroatoms. The van der Waals surface area contributed by atoms with Gasteiger partial charge in [-0.3, -0.25) is 0 Å². The zero-order valence-corrected chi connectivity index (χ0v) is 16.4. The molecule has 1 fully saturated rings. The Morgan fingerprint density at radius 3 is 2.65 bits per heavy atom. The molecular formula is C22H28N2OS. The molecule has 1 aromatic heterocycles. The van der Waals surface area contributed by atoms with Gasteiger partial charge in [-0.05, 0) is 72.8 Å². The highest BCUT2D eigenvalue weighted by molar-refractivity contribution is 7.07. The van der Waals surface area contributed by atoms with E-state index in [2.05, 4.69) is 34.7 Å². The summed E-state index contributed by atoms with van der Waals surface area (Å²) in [5, 5.41) is 13.3. The second-order valence-corrected chi connectivity index (χ2v) is 7.97. The van der Waals surface area contributed by atoms with E-state index in [1.54, 1.807) is 11.3 Å². The van der Waals surface area contributed by atoms with Crippen molar-refractivity contribution < 1.29 is 4.74 Å². The monoisotopic (exact) mass is 368 g/mol. The number of hydrogen-bond donors (Lipinski definition) is 0. The van der Waals surface area contributed by atoms with Gasteiger partial charge in [0.1, 0.15) is 11.9 Å². The van der Waals surface area contributed by atoms with Gasteiger partial charge in [0.05, 0.1) is 11.6 Å². The van der Waals surface area contributed by atoms with Gasteiger partial charge in [0.25, 0.3) is 0 Å². The summed E-state index contributed by atoms with van der Waals surface area (Å²) in [7, 11) is 0. The van der Waals surface area contributed by atoms with Crippen LogP contribution in [-0.2, 0) is 0 Å². The third-order valence-electron chi connectivity index (χ3n) is 4.93. The number of ether oxygens (including phenoxy) is 1. The van der Waals surface area contributed by atoms with Gasteiger partial charge in [-0.2, -0.15) is 16.6 Å². The van der Waals surface area contributed by atoms with Crippen molar-refractivity contribution in [3.63, 3.8) is 0 Å². The van der Waals surface area contributed by atoms with Crippen molar-refractivity contribution in [3.05, 3.63) is 52.2 Å². The lowest BCUT2D eigenvalue weighted by Gasteiger charge is -2.25. The van der Waals surface area contributed by atoms with Gasteiger partial charge in [0, 0.05) is 25.1 Å². The average Bonchev–Trinajstić information content (AvgIpc) is 3.32. The lowest BCUT2D eigenvalue weighted by atomic mass is 10.1. The molecule has 1 heterocycles. The van der Waals surface area contributed by atoms with Crippen LogP contribution in [0.1, 0.15) is 56.3 Å². The van der Waals surface area contributed by atoms with E-state index in [-0.39, 0.29) is 6.10 Å². The highest BCUT2D eigenvalue weighted by Gasteiger charge is 2.25. The molecule has 26 heavy (non-hydrogen) atoms. The predicted octanol–water partition coefficient (Wildman–Crippen LogP) is 5.64. The molecule has 1 aliphatic carbocycles. The summed E-state index contributed by atoms with van der Waals surface area (Å²) in [6.45, 7) is 5.78. The maximum atomic E-state index is 8.96. The molecule has 0 radical (unpaired) electrons. The second kappa shape index (κ2) is 9.75. The molecule has 1 aliphatic rings. The molecule has 0 amide bonds.